The van der Waals surface area contributed by atoms with E-state index in [4.69, 9.17) is 9.47 Å². The van der Waals surface area contributed by atoms with E-state index >= 15 is 0 Å². The van der Waals surface area contributed by atoms with Crippen molar-refractivity contribution in [2.45, 2.75) is 33.3 Å². The zero-order chi connectivity index (χ0) is 15.5. The molecule has 0 bridgehead atoms. The Morgan fingerprint density at radius 3 is 2.40 bits per heavy atom. The lowest BCUT2D eigenvalue weighted by Crippen LogP contribution is -2.27. The van der Waals surface area contributed by atoms with Crippen LogP contribution in [0.2, 0.25) is 0 Å². The molecule has 0 saturated carbocycles. The van der Waals surface area contributed by atoms with Crippen molar-refractivity contribution in [3.63, 3.8) is 0 Å². The first-order valence-corrected chi connectivity index (χ1v) is 6.01. The molecular formula is C15H17FO4. The van der Waals surface area contributed by atoms with E-state index < -0.39 is 28.8 Å². The van der Waals surface area contributed by atoms with E-state index in [0.717, 1.165) is 6.07 Å². The van der Waals surface area contributed by atoms with Crippen LogP contribution in [0.25, 0.3) is 5.57 Å². The van der Waals surface area contributed by atoms with E-state index in [1.165, 1.54) is 12.1 Å². The van der Waals surface area contributed by atoms with Crippen LogP contribution in [0, 0.1) is 5.82 Å². The second kappa shape index (κ2) is 5.86. The van der Waals surface area contributed by atoms with Gasteiger partial charge in [0.25, 0.3) is 5.43 Å². The number of carbonyl (C=O) groups excluding carboxylic acids is 1. The molecule has 1 aromatic carbocycles. The van der Waals surface area contributed by atoms with Crippen LogP contribution in [0.4, 0.5) is 9.18 Å². The fraction of sp³-hybridized carbons (Fsp3) is 0.333. The van der Waals surface area contributed by atoms with E-state index in [1.54, 1.807) is 27.7 Å². The SMILES string of the molecule is C=C(C)c1cccc(F)c(=O)c1OC(=O)OC(C)(C)C. The summed E-state index contributed by atoms with van der Waals surface area (Å²) in [6.07, 6.45) is -1.07. The zero-order valence-electron chi connectivity index (χ0n) is 12.0. The molecular weight excluding hydrogens is 263 g/mol. The number of hydrogen-bond donors (Lipinski definition) is 0. The molecule has 0 aliphatic heterocycles. The largest absolute Gasteiger partial charge is 0.514 e. The molecule has 0 fully saturated rings. The Labute approximate surface area is 116 Å². The molecule has 5 heteroatoms. The van der Waals surface area contributed by atoms with Gasteiger partial charge >= 0.3 is 6.16 Å². The summed E-state index contributed by atoms with van der Waals surface area (Å²) in [7, 11) is 0. The number of carbonyl (C=O) groups is 1. The van der Waals surface area contributed by atoms with E-state index in [9.17, 15) is 14.0 Å². The maximum absolute atomic E-state index is 13.5. The smallest absolute Gasteiger partial charge is 0.428 e. The lowest BCUT2D eigenvalue weighted by atomic mass is 10.1. The van der Waals surface area contributed by atoms with Gasteiger partial charge in [0.1, 0.15) is 5.60 Å². The van der Waals surface area contributed by atoms with Crippen molar-refractivity contribution in [2.75, 3.05) is 0 Å². The Morgan fingerprint density at radius 1 is 1.30 bits per heavy atom. The number of rotatable bonds is 2. The summed E-state index contributed by atoms with van der Waals surface area (Å²) in [4.78, 5) is 23.5. The van der Waals surface area contributed by atoms with Crippen LogP contribution < -0.4 is 10.2 Å². The van der Waals surface area contributed by atoms with Crippen molar-refractivity contribution in [3.05, 3.63) is 46.4 Å². The van der Waals surface area contributed by atoms with E-state index in [0.29, 0.717) is 5.57 Å². The van der Waals surface area contributed by atoms with Crippen LogP contribution >= 0.6 is 0 Å². The first kappa shape index (κ1) is 15.9. The summed E-state index contributed by atoms with van der Waals surface area (Å²) in [5, 5.41) is 0. The standard InChI is InChI=1S/C15H17FO4/c1-9(2)10-7-6-8-11(16)12(17)13(10)19-14(18)20-15(3,4)5/h6-8H,1H2,2-5H3. The molecule has 0 aliphatic carbocycles. The average molecular weight is 280 g/mol. The molecule has 1 aromatic rings. The second-order valence-electron chi connectivity index (χ2n) is 5.29. The number of halogens is 1. The normalized spacial score (nSPS) is 10.8. The van der Waals surface area contributed by atoms with Crippen LogP contribution in [0.15, 0.2) is 29.6 Å². The van der Waals surface area contributed by atoms with Crippen LogP contribution in [0.3, 0.4) is 0 Å². The Bertz CT molecular complexity index is 600. The minimum atomic E-state index is -1.07. The van der Waals surface area contributed by atoms with Crippen LogP contribution in [0.5, 0.6) is 5.75 Å². The first-order valence-electron chi connectivity index (χ1n) is 6.01. The molecule has 0 unspecified atom stereocenters. The molecule has 0 heterocycles. The van der Waals surface area contributed by atoms with Gasteiger partial charge in [-0.25, -0.2) is 9.18 Å². The number of hydrogen-bond acceptors (Lipinski definition) is 4. The van der Waals surface area contributed by atoms with Gasteiger partial charge in [-0.2, -0.15) is 0 Å². The van der Waals surface area contributed by atoms with Crippen molar-refractivity contribution in [1.82, 2.24) is 0 Å². The molecule has 0 saturated heterocycles. The van der Waals surface area contributed by atoms with Gasteiger partial charge in [0.15, 0.2) is 11.6 Å². The van der Waals surface area contributed by atoms with E-state index in [-0.39, 0.29) is 5.56 Å². The van der Waals surface area contributed by atoms with Crippen LogP contribution in [0.1, 0.15) is 33.3 Å². The monoisotopic (exact) mass is 280 g/mol. The molecule has 1 rings (SSSR count). The molecule has 0 amide bonds. The maximum atomic E-state index is 13.5. The molecule has 0 N–H and O–H groups in total. The highest BCUT2D eigenvalue weighted by Gasteiger charge is 2.21. The minimum Gasteiger partial charge on any atom is -0.428 e. The second-order valence-corrected chi connectivity index (χ2v) is 5.29. The third kappa shape index (κ3) is 4.19. The van der Waals surface area contributed by atoms with Crippen molar-refractivity contribution in [2.24, 2.45) is 0 Å². The summed E-state index contributed by atoms with van der Waals surface area (Å²) < 4.78 is 23.3. The predicted molar refractivity (Wildman–Crippen MR) is 74.2 cm³/mol. The van der Waals surface area contributed by atoms with Crippen LogP contribution in [-0.2, 0) is 4.74 Å². The van der Waals surface area contributed by atoms with Gasteiger partial charge in [0.2, 0.25) is 0 Å². The minimum absolute atomic E-state index is 0.254. The van der Waals surface area contributed by atoms with Crippen molar-refractivity contribution < 1.29 is 18.7 Å². The quantitative estimate of drug-likeness (QED) is 0.778. The third-order valence-electron chi connectivity index (χ3n) is 2.21. The number of ether oxygens (including phenoxy) is 2. The van der Waals surface area contributed by atoms with E-state index in [2.05, 4.69) is 6.58 Å². The third-order valence-corrected chi connectivity index (χ3v) is 2.21. The van der Waals surface area contributed by atoms with Gasteiger partial charge in [-0.05, 0) is 39.3 Å². The van der Waals surface area contributed by atoms with Gasteiger partial charge in [0, 0.05) is 5.56 Å². The Kier molecular flexibility index (Phi) is 4.65. The Balaban J connectivity index is 3.27. The highest BCUT2D eigenvalue weighted by atomic mass is 19.1. The van der Waals surface area contributed by atoms with Gasteiger partial charge in [-0.3, -0.25) is 4.79 Å². The topological polar surface area (TPSA) is 52.6 Å². The van der Waals surface area contributed by atoms with Gasteiger partial charge in [0.05, 0.1) is 0 Å². The van der Waals surface area contributed by atoms with Gasteiger partial charge in [-0.1, -0.05) is 18.7 Å². The molecule has 20 heavy (non-hydrogen) atoms. The molecule has 0 radical (unpaired) electrons. The van der Waals surface area contributed by atoms with Crippen LogP contribution in [-0.4, -0.2) is 11.8 Å². The average Bonchev–Trinajstić information content (AvgIpc) is 2.40. The summed E-state index contributed by atoms with van der Waals surface area (Å²) in [6, 6.07) is 3.80. The summed E-state index contributed by atoms with van der Waals surface area (Å²) >= 11 is 0. The lowest BCUT2D eigenvalue weighted by Gasteiger charge is -2.18. The predicted octanol–water partition coefficient (Wildman–Crippen LogP) is 3.53. The number of allylic oxidation sites excluding steroid dienone is 1. The van der Waals surface area contributed by atoms with Crippen molar-refractivity contribution in [1.29, 1.82) is 0 Å². The highest BCUT2D eigenvalue weighted by molar-refractivity contribution is 5.71. The molecule has 4 nitrogen and oxygen atoms in total. The summed E-state index contributed by atoms with van der Waals surface area (Å²) in [5.41, 5.74) is -1.07. The van der Waals surface area contributed by atoms with Crippen molar-refractivity contribution >= 4 is 11.7 Å². The fourth-order valence-electron chi connectivity index (χ4n) is 1.40. The maximum Gasteiger partial charge on any atom is 0.514 e. The molecule has 0 atom stereocenters. The summed E-state index contributed by atoms with van der Waals surface area (Å²) in [5.74, 6) is -1.44. The Morgan fingerprint density at radius 2 is 1.90 bits per heavy atom. The highest BCUT2D eigenvalue weighted by Crippen LogP contribution is 2.21. The first-order chi connectivity index (χ1) is 9.11. The Hall–Kier alpha value is -2.17. The molecule has 0 spiro atoms. The zero-order valence-corrected chi connectivity index (χ0v) is 12.0. The van der Waals surface area contributed by atoms with Gasteiger partial charge < -0.3 is 9.47 Å². The summed E-state index contributed by atoms with van der Waals surface area (Å²) in [6.45, 7) is 10.2. The molecule has 108 valence electrons. The molecule has 0 aliphatic rings. The fourth-order valence-corrected chi connectivity index (χ4v) is 1.40. The van der Waals surface area contributed by atoms with Gasteiger partial charge in [-0.15, -0.1) is 0 Å². The van der Waals surface area contributed by atoms with E-state index in [1.807, 2.05) is 0 Å². The lowest BCUT2D eigenvalue weighted by molar-refractivity contribution is 0.0203. The molecule has 0 aromatic heterocycles. The van der Waals surface area contributed by atoms with Crippen molar-refractivity contribution in [3.8, 4) is 5.75 Å².